The second-order valence-corrected chi connectivity index (χ2v) is 16.9. The normalized spacial score (nSPS) is 21.7. The molecular weight excluding hydrogens is 785 g/mol. The van der Waals surface area contributed by atoms with E-state index in [4.69, 9.17) is 4.74 Å². The summed E-state index contributed by atoms with van der Waals surface area (Å²) in [4.78, 5) is 66.9. The maximum atomic E-state index is 15.2. The largest absolute Gasteiger partial charge is 0.477 e. The second-order valence-electron chi connectivity index (χ2n) is 16.9. The number of hydrogen-bond donors (Lipinski definition) is 2. The van der Waals surface area contributed by atoms with Gasteiger partial charge in [-0.25, -0.2) is 13.5 Å². The Hall–Kier alpha value is -6.03. The van der Waals surface area contributed by atoms with Gasteiger partial charge in [-0.2, -0.15) is 10.1 Å². The first-order valence-electron chi connectivity index (χ1n) is 21.1. The maximum absolute atomic E-state index is 15.2. The summed E-state index contributed by atoms with van der Waals surface area (Å²) in [6.07, 6.45) is 5.73. The molecule has 4 aliphatic heterocycles. The molecular formula is C45H51F2N9O5. The van der Waals surface area contributed by atoms with Gasteiger partial charge in [0, 0.05) is 69.1 Å². The van der Waals surface area contributed by atoms with Crippen LogP contribution in [0.3, 0.4) is 0 Å². The highest BCUT2D eigenvalue weighted by molar-refractivity contribution is 6.19. The minimum Gasteiger partial charge on any atom is -0.477 e. The molecule has 2 aromatic heterocycles. The molecule has 2 saturated heterocycles. The lowest BCUT2D eigenvalue weighted by Crippen LogP contribution is -2.42. The molecule has 320 valence electrons. The van der Waals surface area contributed by atoms with Crippen LogP contribution < -0.4 is 20.3 Å². The van der Waals surface area contributed by atoms with Crippen LogP contribution in [0.1, 0.15) is 88.9 Å². The number of guanidine groups is 1. The molecule has 4 amide bonds. The molecule has 14 nitrogen and oxygen atoms in total. The predicted octanol–water partition coefficient (Wildman–Crippen LogP) is 5.85. The molecule has 2 aromatic carbocycles. The molecule has 0 radical (unpaired) electrons. The van der Waals surface area contributed by atoms with Gasteiger partial charge >= 0.3 is 0 Å². The number of nitrogens with zero attached hydrogens (tertiary/aromatic N) is 7. The number of pyridine rings is 1. The molecule has 61 heavy (non-hydrogen) atoms. The molecule has 3 atom stereocenters. The maximum Gasteiger partial charge on any atom is 0.280 e. The lowest BCUT2D eigenvalue weighted by Gasteiger charge is -2.35. The lowest BCUT2D eigenvalue weighted by atomic mass is 9.89. The number of nitrogens with one attached hydrogen (secondary N) is 2. The van der Waals surface area contributed by atoms with Crippen LogP contribution in [-0.2, 0) is 23.1 Å². The van der Waals surface area contributed by atoms with Crippen LogP contribution in [0.2, 0.25) is 0 Å². The first-order chi connectivity index (χ1) is 29.3. The van der Waals surface area contributed by atoms with Gasteiger partial charge in [-0.05, 0) is 112 Å². The highest BCUT2D eigenvalue weighted by atomic mass is 19.1. The molecule has 0 aliphatic carbocycles. The van der Waals surface area contributed by atoms with Gasteiger partial charge in [-0.1, -0.05) is 6.92 Å². The highest BCUT2D eigenvalue weighted by Crippen LogP contribution is 2.36. The van der Waals surface area contributed by atoms with Crippen molar-refractivity contribution in [2.45, 2.75) is 64.7 Å². The number of hydrogen-bond acceptors (Lipinski definition) is 10. The fraction of sp³-hybridized carbons (Fsp3) is 0.444. The number of imide groups is 1. The molecule has 4 aromatic rings. The number of carbonyl (C=O) groups excluding carboxylic acids is 4. The summed E-state index contributed by atoms with van der Waals surface area (Å²) in [6, 6.07) is 11.5. The van der Waals surface area contributed by atoms with Gasteiger partial charge < -0.3 is 24.8 Å². The molecule has 2 N–H and O–H groups in total. The molecule has 0 saturated carbocycles. The number of fused-ring (bicyclic) bond motifs is 7. The predicted molar refractivity (Wildman–Crippen MR) is 226 cm³/mol. The van der Waals surface area contributed by atoms with E-state index < -0.39 is 35.3 Å². The van der Waals surface area contributed by atoms with Gasteiger partial charge in [0.25, 0.3) is 11.8 Å². The van der Waals surface area contributed by atoms with Crippen molar-refractivity contribution >= 4 is 41.0 Å². The van der Waals surface area contributed by atoms with Crippen molar-refractivity contribution in [2.75, 3.05) is 56.6 Å². The van der Waals surface area contributed by atoms with E-state index in [0.29, 0.717) is 78.1 Å². The van der Waals surface area contributed by atoms with E-state index in [1.165, 1.54) is 12.1 Å². The number of rotatable bonds is 7. The van der Waals surface area contributed by atoms with E-state index in [1.807, 2.05) is 38.1 Å². The smallest absolute Gasteiger partial charge is 0.280 e. The Morgan fingerprint density at radius 3 is 2.59 bits per heavy atom. The molecule has 4 aliphatic rings. The minimum atomic E-state index is -1.03. The van der Waals surface area contributed by atoms with E-state index >= 15 is 8.78 Å². The first kappa shape index (κ1) is 41.7. The zero-order valence-corrected chi connectivity index (χ0v) is 35.0. The monoisotopic (exact) mass is 835 g/mol. The number of aliphatic imine (C=N–C) groups is 1. The Morgan fingerprint density at radius 1 is 1.00 bits per heavy atom. The van der Waals surface area contributed by atoms with Crippen LogP contribution in [0.15, 0.2) is 53.7 Å². The highest BCUT2D eigenvalue weighted by Gasteiger charge is 2.34. The van der Waals surface area contributed by atoms with Gasteiger partial charge in [-0.15, -0.1) is 0 Å². The molecule has 16 heteroatoms. The van der Waals surface area contributed by atoms with Crippen LogP contribution in [0.25, 0.3) is 11.3 Å². The van der Waals surface area contributed by atoms with E-state index in [1.54, 1.807) is 34.0 Å². The fourth-order valence-corrected chi connectivity index (χ4v) is 9.00. The fourth-order valence-electron chi connectivity index (χ4n) is 9.00. The Morgan fingerprint density at radius 2 is 1.80 bits per heavy atom. The summed E-state index contributed by atoms with van der Waals surface area (Å²) < 4.78 is 38.2. The standard InChI is InChI=1S/C45H51F2N9O5/c1-26-7-6-16-61-44-33(22-48-54(44)4)37-20-31(17-27(2)49-37)41(58)52-45-50-36-11-9-30(21-38(36)56(45)23-26)43(60)53(3)24-29-8-5-14-55(25-29)15-13-28-18-34(46)40(35(47)19-28)32-10-12-39(57)51-42(32)59/h9,11,17-22,26,29,32H,5-8,10,12-16,23-25H2,1-4H3,(H,50,52,58)(H,51,57,59)/t26-,29-,32-/m1/s1. The Bertz CT molecular complexity index is 2390. The van der Waals surface area contributed by atoms with Crippen LogP contribution >= 0.6 is 0 Å². The van der Waals surface area contributed by atoms with Crippen molar-refractivity contribution < 1.29 is 32.7 Å². The summed E-state index contributed by atoms with van der Waals surface area (Å²) >= 11 is 0. The van der Waals surface area contributed by atoms with E-state index in [-0.39, 0.29) is 36.1 Å². The minimum absolute atomic E-state index is 0.0384. The number of likely N-dealkylation sites (tertiary alicyclic amines) is 1. The van der Waals surface area contributed by atoms with Crippen molar-refractivity contribution in [3.63, 3.8) is 0 Å². The SMILES string of the molecule is Cc1cc2cc(n1)-c1cnn(C)c1OCCC[C@@H](C)CN1/C(=N/C2=O)Nc2ccc(C(=O)N(C)C[C@H]3CCCN(CCc4cc(F)c([C@H]5CCC(=O)NC5=O)c(F)c4)C3)cc21. The molecule has 2 fully saturated rings. The third-order valence-corrected chi connectivity index (χ3v) is 12.1. The molecule has 0 unspecified atom stereocenters. The zero-order chi connectivity index (χ0) is 42.9. The van der Waals surface area contributed by atoms with Crippen molar-refractivity contribution in [3.8, 4) is 17.1 Å². The third kappa shape index (κ3) is 9.04. The van der Waals surface area contributed by atoms with E-state index in [0.717, 1.165) is 50.1 Å². The topological polar surface area (TPSA) is 154 Å². The molecule has 6 heterocycles. The van der Waals surface area contributed by atoms with Gasteiger partial charge in [0.2, 0.25) is 23.7 Å². The number of amides is 4. The van der Waals surface area contributed by atoms with Gasteiger partial charge in [0.1, 0.15) is 11.6 Å². The average molecular weight is 836 g/mol. The zero-order valence-electron chi connectivity index (χ0n) is 35.0. The van der Waals surface area contributed by atoms with Crippen LogP contribution in [0.4, 0.5) is 20.2 Å². The number of carbonyl (C=O) groups is 4. The van der Waals surface area contributed by atoms with Gasteiger partial charge in [0.15, 0.2) is 0 Å². The third-order valence-electron chi connectivity index (χ3n) is 12.1. The quantitative estimate of drug-likeness (QED) is 0.217. The van der Waals surface area contributed by atoms with Crippen LogP contribution in [0, 0.1) is 30.4 Å². The summed E-state index contributed by atoms with van der Waals surface area (Å²) in [5.41, 5.74) is 4.57. The van der Waals surface area contributed by atoms with Gasteiger partial charge in [0.05, 0.1) is 41.4 Å². The number of halogens is 2. The number of aryl methyl sites for hydroxylation is 2. The molecule has 2 bridgehead atoms. The molecule has 8 rings (SSSR count). The number of anilines is 2. The van der Waals surface area contributed by atoms with E-state index in [2.05, 4.69) is 37.5 Å². The van der Waals surface area contributed by atoms with Crippen LogP contribution in [0.5, 0.6) is 5.88 Å². The summed E-state index contributed by atoms with van der Waals surface area (Å²) in [5.74, 6) is -2.88. The van der Waals surface area contributed by atoms with E-state index in [9.17, 15) is 19.2 Å². The Balaban J connectivity index is 0.934. The van der Waals surface area contributed by atoms with Crippen molar-refractivity contribution in [1.29, 1.82) is 0 Å². The van der Waals surface area contributed by atoms with Crippen molar-refractivity contribution in [3.05, 3.63) is 88.2 Å². The van der Waals surface area contributed by atoms with Crippen molar-refractivity contribution in [2.24, 2.45) is 23.9 Å². The number of benzene rings is 2. The van der Waals surface area contributed by atoms with Gasteiger partial charge in [-0.3, -0.25) is 29.5 Å². The lowest BCUT2D eigenvalue weighted by molar-refractivity contribution is -0.134. The number of ether oxygens (including phenoxy) is 1. The number of piperidine rings is 2. The first-order valence-corrected chi connectivity index (χ1v) is 21.1. The number of aromatic nitrogens is 3. The molecule has 0 spiro atoms. The average Bonchev–Trinajstić information content (AvgIpc) is 3.76. The van der Waals surface area contributed by atoms with Crippen LogP contribution in [-0.4, -0.2) is 101 Å². The second kappa shape index (κ2) is 17.5. The summed E-state index contributed by atoms with van der Waals surface area (Å²) in [6.45, 7) is 7.71. The summed E-state index contributed by atoms with van der Waals surface area (Å²) in [5, 5.41) is 9.90. The van der Waals surface area contributed by atoms with Crippen molar-refractivity contribution in [1.82, 2.24) is 29.9 Å². The Kier molecular flexibility index (Phi) is 12.0. The summed E-state index contributed by atoms with van der Waals surface area (Å²) in [7, 11) is 3.62. The Labute approximate surface area is 353 Å².